The average Bonchev–Trinajstić information content (AvgIpc) is 2.12. The topological polar surface area (TPSA) is 36.7 Å². The number of nitrogens with zero attached hydrogens (tertiary/aromatic N) is 1. The number of halogens is 1. The van der Waals surface area contributed by atoms with Gasteiger partial charge in [0, 0.05) is 44.1 Å². The van der Waals surface area contributed by atoms with Gasteiger partial charge in [0.2, 0.25) is 0 Å². The second-order valence-electron chi connectivity index (χ2n) is 3.13. The maximum Gasteiger partial charge on any atom is 0.0928 e. The van der Waals surface area contributed by atoms with Crippen molar-refractivity contribution in [2.24, 2.45) is 0 Å². The molecule has 1 rings (SSSR count). The molecule has 0 saturated carbocycles. The van der Waals surface area contributed by atoms with Gasteiger partial charge in [-0.2, -0.15) is 0 Å². The minimum absolute atomic E-state index is 0. The molecule has 2 nitrogen and oxygen atoms in total. The number of hydrogen-bond donors (Lipinski definition) is 0. The van der Waals surface area contributed by atoms with E-state index in [2.05, 4.69) is 20.9 Å². The van der Waals surface area contributed by atoms with Crippen LogP contribution in [0, 0.1) is 44.1 Å². The van der Waals surface area contributed by atoms with Gasteiger partial charge in [-0.15, -0.1) is 16.9 Å². The zero-order chi connectivity index (χ0) is 8.48. The van der Waals surface area contributed by atoms with E-state index in [1.807, 2.05) is 13.8 Å². The van der Waals surface area contributed by atoms with Crippen LogP contribution in [0.3, 0.4) is 0 Å². The maximum absolute atomic E-state index is 7.65. The van der Waals surface area contributed by atoms with Gasteiger partial charge in [0.25, 0.3) is 0 Å². The molecule has 5 heteroatoms. The quantitative estimate of drug-likeness (QED) is 0.667. The summed E-state index contributed by atoms with van der Waals surface area (Å²) in [6.07, 6.45) is 0.705. The summed E-state index contributed by atoms with van der Waals surface area (Å²) in [5, 5.41) is 0. The SMILES string of the molecule is CC(C)([NH-])Cc1ncsc1Br.[Ac]. The molecule has 0 unspecified atom stereocenters. The fourth-order valence-electron chi connectivity index (χ4n) is 0.789. The summed E-state index contributed by atoms with van der Waals surface area (Å²) >= 11 is 4.96. The van der Waals surface area contributed by atoms with Gasteiger partial charge in [0.15, 0.2) is 0 Å². The van der Waals surface area contributed by atoms with Crippen LogP contribution in [0.4, 0.5) is 0 Å². The molecule has 1 aromatic heterocycles. The van der Waals surface area contributed by atoms with Crippen LogP contribution in [-0.2, 0) is 6.42 Å². The van der Waals surface area contributed by atoms with E-state index in [0.717, 1.165) is 9.48 Å². The summed E-state index contributed by atoms with van der Waals surface area (Å²) in [4.78, 5) is 4.15. The minimum atomic E-state index is -0.420. The van der Waals surface area contributed by atoms with Crippen LogP contribution in [0.15, 0.2) is 9.30 Å². The third kappa shape index (κ3) is 4.67. The number of rotatable bonds is 2. The Hall–Kier alpha value is 1.51. The largest absolute Gasteiger partial charge is 0.672 e. The van der Waals surface area contributed by atoms with Crippen LogP contribution in [0.1, 0.15) is 19.5 Å². The van der Waals surface area contributed by atoms with Crippen LogP contribution in [0.2, 0.25) is 0 Å². The van der Waals surface area contributed by atoms with Crippen molar-refractivity contribution >= 4 is 27.3 Å². The van der Waals surface area contributed by atoms with Gasteiger partial charge in [-0.05, 0) is 22.4 Å². The average molecular weight is 461 g/mol. The van der Waals surface area contributed by atoms with Crippen LogP contribution >= 0.6 is 27.3 Å². The Bertz CT molecular complexity index is 244. The Kier molecular flexibility index (Phi) is 6.09. The first-order valence-corrected chi connectivity index (χ1v) is 4.99. The first-order valence-electron chi connectivity index (χ1n) is 3.32. The molecule has 1 aromatic rings. The first kappa shape index (κ1) is 13.5. The predicted octanol–water partition coefficient (Wildman–Crippen LogP) is 3.28. The molecule has 65 valence electrons. The third-order valence-corrected chi connectivity index (χ3v) is 2.87. The summed E-state index contributed by atoms with van der Waals surface area (Å²) in [6, 6.07) is 0. The summed E-state index contributed by atoms with van der Waals surface area (Å²) in [6.45, 7) is 3.78. The van der Waals surface area contributed by atoms with Crippen LogP contribution in [0.5, 0.6) is 0 Å². The van der Waals surface area contributed by atoms with E-state index in [1.54, 1.807) is 16.8 Å². The smallest absolute Gasteiger partial charge is 0.0928 e. The van der Waals surface area contributed by atoms with Crippen LogP contribution < -0.4 is 0 Å². The molecular formula is C7H10AcBrN2S-. The molecule has 0 spiro atoms. The number of hydrogen-bond acceptors (Lipinski definition) is 2. The molecule has 0 aliphatic heterocycles. The Morgan fingerprint density at radius 1 is 1.67 bits per heavy atom. The van der Waals surface area contributed by atoms with Crippen molar-refractivity contribution < 1.29 is 44.1 Å². The van der Waals surface area contributed by atoms with Crippen molar-refractivity contribution in [2.45, 2.75) is 25.8 Å². The Labute approximate surface area is 121 Å². The monoisotopic (exact) mass is 460 g/mol. The molecule has 0 aromatic carbocycles. The predicted molar refractivity (Wildman–Crippen MR) is 51.9 cm³/mol. The zero-order valence-corrected chi connectivity index (χ0v) is 14.2. The Morgan fingerprint density at radius 2 is 2.25 bits per heavy atom. The second kappa shape index (κ2) is 5.41. The summed E-state index contributed by atoms with van der Waals surface area (Å²) < 4.78 is 1.05. The molecule has 1 radical (unpaired) electrons. The maximum atomic E-state index is 7.65. The van der Waals surface area contributed by atoms with Crippen LogP contribution in [0.25, 0.3) is 5.73 Å². The van der Waals surface area contributed by atoms with E-state index in [-0.39, 0.29) is 44.1 Å². The van der Waals surface area contributed by atoms with Gasteiger partial charge in [0.05, 0.1) is 15.0 Å². The molecule has 0 bridgehead atoms. The third-order valence-electron chi connectivity index (χ3n) is 1.20. The van der Waals surface area contributed by atoms with Gasteiger partial charge in [0.1, 0.15) is 0 Å². The normalized spacial score (nSPS) is 11.0. The molecule has 12 heavy (non-hydrogen) atoms. The fraction of sp³-hybridized carbons (Fsp3) is 0.571. The van der Waals surface area contributed by atoms with Crippen molar-refractivity contribution in [3.63, 3.8) is 0 Å². The molecular weight excluding hydrogens is 451 g/mol. The molecule has 0 aliphatic carbocycles. The summed E-state index contributed by atoms with van der Waals surface area (Å²) in [7, 11) is 0. The van der Waals surface area contributed by atoms with Gasteiger partial charge >= 0.3 is 0 Å². The number of nitrogens with one attached hydrogen (secondary N) is 1. The van der Waals surface area contributed by atoms with E-state index >= 15 is 0 Å². The van der Waals surface area contributed by atoms with Gasteiger partial charge in [-0.25, -0.2) is 4.98 Å². The van der Waals surface area contributed by atoms with E-state index in [0.29, 0.717) is 6.42 Å². The van der Waals surface area contributed by atoms with Gasteiger partial charge < -0.3 is 5.73 Å². The zero-order valence-electron chi connectivity index (χ0n) is 7.10. The first-order chi connectivity index (χ1) is 4.99. The fourth-order valence-corrected chi connectivity index (χ4v) is 1.82. The van der Waals surface area contributed by atoms with Crippen molar-refractivity contribution in [1.29, 1.82) is 0 Å². The van der Waals surface area contributed by atoms with E-state index < -0.39 is 5.54 Å². The summed E-state index contributed by atoms with van der Waals surface area (Å²) in [5.41, 5.74) is 10.0. The van der Waals surface area contributed by atoms with Crippen molar-refractivity contribution in [3.05, 3.63) is 20.7 Å². The molecule has 0 fully saturated rings. The molecule has 0 amide bonds. The number of thiazole rings is 1. The molecule has 1 N–H and O–H groups in total. The second-order valence-corrected chi connectivity index (χ2v) is 5.31. The van der Waals surface area contributed by atoms with Gasteiger partial charge in [-0.3, -0.25) is 0 Å². The Balaban J connectivity index is 0.00000121. The van der Waals surface area contributed by atoms with E-state index in [9.17, 15) is 0 Å². The Morgan fingerprint density at radius 3 is 2.58 bits per heavy atom. The van der Waals surface area contributed by atoms with Crippen molar-refractivity contribution in [1.82, 2.24) is 4.98 Å². The van der Waals surface area contributed by atoms with E-state index in [1.165, 1.54) is 0 Å². The van der Waals surface area contributed by atoms with Gasteiger partial charge in [-0.1, -0.05) is 13.8 Å². The van der Waals surface area contributed by atoms with Crippen molar-refractivity contribution in [3.8, 4) is 0 Å². The molecule has 0 aliphatic rings. The molecule has 1 heterocycles. The molecule has 0 saturated heterocycles. The van der Waals surface area contributed by atoms with Crippen molar-refractivity contribution in [2.75, 3.05) is 0 Å². The molecule has 0 atom stereocenters. The summed E-state index contributed by atoms with van der Waals surface area (Å²) in [5.74, 6) is 0. The minimum Gasteiger partial charge on any atom is -0.672 e. The van der Waals surface area contributed by atoms with E-state index in [4.69, 9.17) is 5.73 Å². The standard InChI is InChI=1S/C7H10BrN2S.Ac/c1-7(2,9)3-5-6(8)11-4-10-5;/h4,9H,3H2,1-2H3;/q-1;. The van der Waals surface area contributed by atoms with Crippen LogP contribution in [-0.4, -0.2) is 10.5 Å². The number of aromatic nitrogens is 1.